The van der Waals surface area contributed by atoms with E-state index in [1.54, 1.807) is 6.92 Å². The molecular formula is C10H15NO3S. The Balaban J connectivity index is 2.28. The van der Waals surface area contributed by atoms with Gasteiger partial charge in [-0.15, -0.1) is 0 Å². The van der Waals surface area contributed by atoms with Gasteiger partial charge in [0.15, 0.2) is 0 Å². The number of ether oxygens (including phenoxy) is 1. The van der Waals surface area contributed by atoms with Gasteiger partial charge in [0, 0.05) is 5.75 Å². The summed E-state index contributed by atoms with van der Waals surface area (Å²) in [6.07, 6.45) is 0.388. The molecule has 1 rings (SSSR count). The topological polar surface area (TPSA) is 52.3 Å². The van der Waals surface area contributed by atoms with Gasteiger partial charge in [-0.05, 0) is 20.8 Å². The Bertz CT molecular complexity index is 316. The van der Waals surface area contributed by atoms with Crippen molar-refractivity contribution in [3.63, 3.8) is 0 Å². The smallest absolute Gasteiger partial charge is 0.306 e. The lowest BCUT2D eigenvalue weighted by Gasteiger charge is -1.99. The second-order valence-electron chi connectivity index (χ2n) is 3.02. The van der Waals surface area contributed by atoms with E-state index in [2.05, 4.69) is 4.98 Å². The van der Waals surface area contributed by atoms with Crippen LogP contribution in [0.2, 0.25) is 0 Å². The standard InChI is InChI=1S/C10H15NO3S/c1-4-13-9(12)5-6-15-10-11-7(2)8(3)14-10/h4-6H2,1-3H3. The molecule has 0 spiro atoms. The first kappa shape index (κ1) is 12.1. The molecule has 0 amide bonds. The number of carbonyl (C=O) groups excluding carboxylic acids is 1. The van der Waals surface area contributed by atoms with E-state index in [0.29, 0.717) is 24.0 Å². The highest BCUT2D eigenvalue weighted by molar-refractivity contribution is 7.99. The summed E-state index contributed by atoms with van der Waals surface area (Å²) in [7, 11) is 0. The lowest BCUT2D eigenvalue weighted by molar-refractivity contribution is -0.142. The maximum absolute atomic E-state index is 11.0. The Kier molecular flexibility index (Phi) is 4.68. The third kappa shape index (κ3) is 3.95. The van der Waals surface area contributed by atoms with Crippen LogP contribution >= 0.6 is 11.8 Å². The predicted octanol–water partition coefficient (Wildman–Crippen LogP) is 2.34. The molecule has 0 radical (unpaired) electrons. The summed E-state index contributed by atoms with van der Waals surface area (Å²) in [6, 6.07) is 0. The first-order valence-electron chi connectivity index (χ1n) is 4.86. The van der Waals surface area contributed by atoms with Crippen molar-refractivity contribution in [3.8, 4) is 0 Å². The number of nitrogens with zero attached hydrogens (tertiary/aromatic N) is 1. The minimum absolute atomic E-state index is 0.176. The minimum Gasteiger partial charge on any atom is -0.466 e. The zero-order chi connectivity index (χ0) is 11.3. The normalized spacial score (nSPS) is 10.3. The molecule has 0 fully saturated rings. The fraction of sp³-hybridized carbons (Fsp3) is 0.600. The maximum atomic E-state index is 11.0. The lowest BCUT2D eigenvalue weighted by Crippen LogP contribution is -2.04. The molecule has 0 atom stereocenters. The molecule has 0 unspecified atom stereocenters. The van der Waals surface area contributed by atoms with Crippen LogP contribution in [-0.2, 0) is 9.53 Å². The van der Waals surface area contributed by atoms with Crippen LogP contribution in [0.4, 0.5) is 0 Å². The van der Waals surface area contributed by atoms with Gasteiger partial charge in [0.25, 0.3) is 5.22 Å². The van der Waals surface area contributed by atoms with E-state index in [1.165, 1.54) is 11.8 Å². The van der Waals surface area contributed by atoms with Crippen LogP contribution in [0.25, 0.3) is 0 Å². The van der Waals surface area contributed by atoms with Crippen molar-refractivity contribution in [1.82, 2.24) is 4.98 Å². The van der Waals surface area contributed by atoms with Crippen molar-refractivity contribution in [2.24, 2.45) is 0 Å². The lowest BCUT2D eigenvalue weighted by atomic mass is 10.4. The van der Waals surface area contributed by atoms with Crippen LogP contribution in [0.5, 0.6) is 0 Å². The van der Waals surface area contributed by atoms with Crippen molar-refractivity contribution < 1.29 is 13.9 Å². The first-order chi connectivity index (χ1) is 7.13. The van der Waals surface area contributed by atoms with Crippen molar-refractivity contribution >= 4 is 17.7 Å². The van der Waals surface area contributed by atoms with Crippen LogP contribution < -0.4 is 0 Å². The molecule has 5 heteroatoms. The highest BCUT2D eigenvalue weighted by atomic mass is 32.2. The highest BCUT2D eigenvalue weighted by Crippen LogP contribution is 2.20. The van der Waals surface area contributed by atoms with Crippen LogP contribution in [0.1, 0.15) is 24.8 Å². The molecule has 15 heavy (non-hydrogen) atoms. The Morgan fingerprint density at radius 3 is 2.80 bits per heavy atom. The molecule has 0 aliphatic rings. The zero-order valence-corrected chi connectivity index (χ0v) is 10.0. The molecule has 0 N–H and O–H groups in total. The first-order valence-corrected chi connectivity index (χ1v) is 5.84. The van der Waals surface area contributed by atoms with Gasteiger partial charge in [0.05, 0.1) is 18.7 Å². The number of aryl methyl sites for hydroxylation is 2. The van der Waals surface area contributed by atoms with Gasteiger partial charge < -0.3 is 9.15 Å². The molecule has 0 aliphatic heterocycles. The molecule has 4 nitrogen and oxygen atoms in total. The Labute approximate surface area is 93.4 Å². The third-order valence-corrected chi connectivity index (χ3v) is 2.68. The van der Waals surface area contributed by atoms with E-state index in [4.69, 9.17) is 9.15 Å². The van der Waals surface area contributed by atoms with Crippen LogP contribution in [0, 0.1) is 13.8 Å². The largest absolute Gasteiger partial charge is 0.466 e. The molecule has 1 heterocycles. The summed E-state index contributed by atoms with van der Waals surface area (Å²) in [5, 5.41) is 0.620. The minimum atomic E-state index is -0.176. The van der Waals surface area contributed by atoms with E-state index in [9.17, 15) is 4.79 Å². The molecular weight excluding hydrogens is 214 g/mol. The maximum Gasteiger partial charge on any atom is 0.306 e. The number of oxazole rings is 1. The zero-order valence-electron chi connectivity index (χ0n) is 9.20. The summed E-state index contributed by atoms with van der Waals surface area (Å²) in [4.78, 5) is 15.2. The van der Waals surface area contributed by atoms with Gasteiger partial charge in [-0.2, -0.15) is 0 Å². The van der Waals surface area contributed by atoms with Gasteiger partial charge in [-0.1, -0.05) is 11.8 Å². The van der Waals surface area contributed by atoms with Crippen molar-refractivity contribution in [2.75, 3.05) is 12.4 Å². The highest BCUT2D eigenvalue weighted by Gasteiger charge is 2.07. The Morgan fingerprint density at radius 2 is 2.27 bits per heavy atom. The van der Waals surface area contributed by atoms with Crippen LogP contribution in [0.15, 0.2) is 9.64 Å². The monoisotopic (exact) mass is 229 g/mol. The molecule has 0 bridgehead atoms. The van der Waals surface area contributed by atoms with Gasteiger partial charge in [-0.3, -0.25) is 4.79 Å². The molecule has 1 aromatic heterocycles. The number of carbonyl (C=O) groups is 1. The van der Waals surface area contributed by atoms with Crippen molar-refractivity contribution in [1.29, 1.82) is 0 Å². The number of aromatic nitrogens is 1. The summed E-state index contributed by atoms with van der Waals surface area (Å²) >= 11 is 1.43. The quantitative estimate of drug-likeness (QED) is 0.573. The van der Waals surface area contributed by atoms with Gasteiger partial charge in [0.1, 0.15) is 5.76 Å². The molecule has 84 valence electrons. The number of thioether (sulfide) groups is 1. The van der Waals surface area contributed by atoms with Crippen molar-refractivity contribution in [2.45, 2.75) is 32.4 Å². The second-order valence-corrected chi connectivity index (χ2v) is 4.07. The number of hydrogen-bond acceptors (Lipinski definition) is 5. The van der Waals surface area contributed by atoms with E-state index < -0.39 is 0 Å². The molecule has 0 saturated heterocycles. The van der Waals surface area contributed by atoms with E-state index in [-0.39, 0.29) is 5.97 Å². The molecule has 1 aromatic rings. The molecule has 0 saturated carbocycles. The van der Waals surface area contributed by atoms with Gasteiger partial charge in [0.2, 0.25) is 0 Å². The second kappa shape index (κ2) is 5.80. The average molecular weight is 229 g/mol. The third-order valence-electron chi connectivity index (χ3n) is 1.85. The number of esters is 1. The summed E-state index contributed by atoms with van der Waals surface area (Å²) in [5.41, 5.74) is 0.897. The fourth-order valence-corrected chi connectivity index (χ4v) is 1.79. The van der Waals surface area contributed by atoms with E-state index >= 15 is 0 Å². The molecule has 0 aliphatic carbocycles. The molecule has 0 aromatic carbocycles. The van der Waals surface area contributed by atoms with E-state index in [0.717, 1.165) is 11.5 Å². The summed E-state index contributed by atoms with van der Waals surface area (Å²) < 4.78 is 10.2. The van der Waals surface area contributed by atoms with Gasteiger partial charge >= 0.3 is 5.97 Å². The predicted molar refractivity (Wildman–Crippen MR) is 58.0 cm³/mol. The Hall–Kier alpha value is -0.970. The Morgan fingerprint density at radius 1 is 1.53 bits per heavy atom. The van der Waals surface area contributed by atoms with E-state index in [1.807, 2.05) is 13.8 Å². The fourth-order valence-electron chi connectivity index (χ4n) is 0.960. The number of hydrogen-bond donors (Lipinski definition) is 0. The average Bonchev–Trinajstić information content (AvgIpc) is 2.46. The summed E-state index contributed by atoms with van der Waals surface area (Å²) in [6.45, 7) is 6.00. The summed E-state index contributed by atoms with van der Waals surface area (Å²) in [5.74, 6) is 1.29. The SMILES string of the molecule is CCOC(=O)CCSc1nc(C)c(C)o1. The van der Waals surface area contributed by atoms with Crippen molar-refractivity contribution in [3.05, 3.63) is 11.5 Å². The van der Waals surface area contributed by atoms with Gasteiger partial charge in [-0.25, -0.2) is 4.98 Å². The van der Waals surface area contributed by atoms with Crippen LogP contribution in [-0.4, -0.2) is 23.3 Å². The number of rotatable bonds is 5. The van der Waals surface area contributed by atoms with Crippen LogP contribution in [0.3, 0.4) is 0 Å².